The molecule has 0 saturated heterocycles. The molecule has 0 radical (unpaired) electrons. The van der Waals surface area contributed by atoms with Crippen molar-refractivity contribution >= 4 is 5.78 Å². The topological polar surface area (TPSA) is 87.0 Å². The molecule has 0 spiro atoms. The summed E-state index contributed by atoms with van der Waals surface area (Å²) in [6.45, 7) is 9.81. The van der Waals surface area contributed by atoms with Crippen molar-refractivity contribution in [1.82, 2.24) is 0 Å². The number of aliphatic hydroxyl groups excluding tert-OH is 1. The highest BCUT2D eigenvalue weighted by Crippen LogP contribution is 2.56. The summed E-state index contributed by atoms with van der Waals surface area (Å²) in [6.07, 6.45) is 2.01. The largest absolute Gasteiger partial charge is 0.507 e. The van der Waals surface area contributed by atoms with Gasteiger partial charge in [0.05, 0.1) is 6.10 Å². The molecule has 0 aromatic heterocycles. The van der Waals surface area contributed by atoms with E-state index < -0.39 is 11.7 Å². The van der Waals surface area contributed by atoms with E-state index in [1.807, 2.05) is 34.6 Å². The van der Waals surface area contributed by atoms with Gasteiger partial charge in [-0.25, -0.2) is 0 Å². The predicted molar refractivity (Wildman–Crippen MR) is 98.8 cm³/mol. The fraction of sp³-hybridized carbons (Fsp3) is 0.667. The van der Waals surface area contributed by atoms with Crippen LogP contribution in [0, 0.1) is 17.3 Å². The molecule has 1 saturated carbocycles. The molecule has 1 aliphatic heterocycles. The Morgan fingerprint density at radius 3 is 2.58 bits per heavy atom. The fourth-order valence-electron chi connectivity index (χ4n) is 4.68. The molecule has 144 valence electrons. The van der Waals surface area contributed by atoms with Gasteiger partial charge in [0.2, 0.25) is 0 Å². The standard InChI is InChI=1S/C21H30O5/c1-6-11(2)18(25)17-14(23)10-13(22)12-9-15-20(3,4)16(24)7-8-21(15,5)26-19(12)17/h10-11,15-16,22-24H,6-9H2,1-5H3. The van der Waals surface area contributed by atoms with E-state index in [0.29, 0.717) is 37.0 Å². The maximum absolute atomic E-state index is 12.9. The number of Topliss-reactive ketones (excluding diaryl/α,β-unsaturated/α-hetero) is 1. The van der Waals surface area contributed by atoms with Crippen LogP contribution in [0.1, 0.15) is 69.8 Å². The van der Waals surface area contributed by atoms with Crippen LogP contribution in [0.5, 0.6) is 17.2 Å². The van der Waals surface area contributed by atoms with Gasteiger partial charge >= 0.3 is 0 Å². The zero-order valence-electron chi connectivity index (χ0n) is 16.3. The van der Waals surface area contributed by atoms with Crippen molar-refractivity contribution in [1.29, 1.82) is 0 Å². The lowest BCUT2D eigenvalue weighted by atomic mass is 9.57. The van der Waals surface area contributed by atoms with Gasteiger partial charge in [0.25, 0.3) is 0 Å². The second-order valence-corrected chi connectivity index (χ2v) is 8.82. The van der Waals surface area contributed by atoms with E-state index in [-0.39, 0.29) is 40.1 Å². The van der Waals surface area contributed by atoms with Gasteiger partial charge in [-0.05, 0) is 38.0 Å². The minimum atomic E-state index is -0.555. The number of carbonyl (C=O) groups is 1. The minimum Gasteiger partial charge on any atom is -0.507 e. The number of hydrogen-bond acceptors (Lipinski definition) is 5. The third-order valence-corrected chi connectivity index (χ3v) is 6.80. The SMILES string of the molecule is CCC(C)C(=O)c1c(O)cc(O)c2c1OC1(C)CCC(O)C(C)(C)C1C2. The van der Waals surface area contributed by atoms with Crippen LogP contribution in [0.15, 0.2) is 6.07 Å². The molecule has 4 unspecified atom stereocenters. The summed E-state index contributed by atoms with van der Waals surface area (Å²) in [4.78, 5) is 12.9. The van der Waals surface area contributed by atoms with Crippen LogP contribution in [0.4, 0.5) is 0 Å². The first kappa shape index (κ1) is 19.0. The summed E-state index contributed by atoms with van der Waals surface area (Å²) in [7, 11) is 0. The first-order valence-electron chi connectivity index (χ1n) is 9.52. The Hall–Kier alpha value is -1.75. The van der Waals surface area contributed by atoms with E-state index in [0.717, 1.165) is 0 Å². The van der Waals surface area contributed by atoms with Gasteiger partial charge < -0.3 is 20.1 Å². The number of rotatable bonds is 3. The average molecular weight is 362 g/mol. The molecular weight excluding hydrogens is 332 g/mol. The fourth-order valence-corrected chi connectivity index (χ4v) is 4.68. The minimum absolute atomic E-state index is 0.00626. The molecule has 2 aliphatic rings. The van der Waals surface area contributed by atoms with Crippen LogP contribution >= 0.6 is 0 Å². The normalized spacial score (nSPS) is 30.7. The Kier molecular flexibility index (Phi) is 4.50. The molecule has 0 amide bonds. The van der Waals surface area contributed by atoms with E-state index in [9.17, 15) is 20.1 Å². The molecule has 4 atom stereocenters. The summed E-state index contributed by atoms with van der Waals surface area (Å²) in [5.74, 6) is -0.390. The first-order valence-corrected chi connectivity index (χ1v) is 9.52. The molecule has 3 rings (SSSR count). The van der Waals surface area contributed by atoms with Crippen molar-refractivity contribution in [3.63, 3.8) is 0 Å². The Balaban J connectivity index is 2.16. The average Bonchev–Trinajstić information content (AvgIpc) is 2.56. The van der Waals surface area contributed by atoms with Gasteiger partial charge in [0.1, 0.15) is 28.4 Å². The molecule has 5 nitrogen and oxygen atoms in total. The number of phenolic OH excluding ortho intramolecular Hbond substituents is 2. The second kappa shape index (κ2) is 6.15. The van der Waals surface area contributed by atoms with Gasteiger partial charge in [0.15, 0.2) is 5.78 Å². The quantitative estimate of drug-likeness (QED) is 0.712. The molecule has 1 heterocycles. The van der Waals surface area contributed by atoms with Crippen LogP contribution in [0.3, 0.4) is 0 Å². The highest BCUT2D eigenvalue weighted by atomic mass is 16.5. The third-order valence-electron chi connectivity index (χ3n) is 6.80. The summed E-state index contributed by atoms with van der Waals surface area (Å²) in [5, 5.41) is 31.3. The number of aromatic hydroxyl groups is 2. The Morgan fingerprint density at radius 1 is 1.31 bits per heavy atom. The number of phenols is 2. The maximum Gasteiger partial charge on any atom is 0.173 e. The Labute approximate surface area is 155 Å². The van der Waals surface area contributed by atoms with Gasteiger partial charge in [-0.2, -0.15) is 0 Å². The number of benzene rings is 1. The zero-order valence-corrected chi connectivity index (χ0v) is 16.3. The Bertz CT molecular complexity index is 738. The smallest absolute Gasteiger partial charge is 0.173 e. The third kappa shape index (κ3) is 2.68. The molecule has 3 N–H and O–H groups in total. The van der Waals surface area contributed by atoms with Crippen LogP contribution in [-0.2, 0) is 6.42 Å². The van der Waals surface area contributed by atoms with E-state index in [2.05, 4.69) is 0 Å². The van der Waals surface area contributed by atoms with Crippen LogP contribution in [0.2, 0.25) is 0 Å². The van der Waals surface area contributed by atoms with E-state index in [4.69, 9.17) is 4.74 Å². The van der Waals surface area contributed by atoms with E-state index >= 15 is 0 Å². The van der Waals surface area contributed by atoms with Gasteiger partial charge in [-0.1, -0.05) is 27.7 Å². The molecule has 1 aromatic carbocycles. The summed E-state index contributed by atoms with van der Waals surface area (Å²) in [6, 6.07) is 1.24. The second-order valence-electron chi connectivity index (χ2n) is 8.82. The van der Waals surface area contributed by atoms with Gasteiger partial charge in [0, 0.05) is 23.5 Å². The lowest BCUT2D eigenvalue weighted by Crippen LogP contribution is -2.58. The van der Waals surface area contributed by atoms with Crippen molar-refractivity contribution in [2.45, 2.75) is 72.0 Å². The van der Waals surface area contributed by atoms with Crippen molar-refractivity contribution in [3.05, 3.63) is 17.2 Å². The van der Waals surface area contributed by atoms with Crippen LogP contribution < -0.4 is 4.74 Å². The van der Waals surface area contributed by atoms with E-state index in [1.54, 1.807) is 0 Å². The van der Waals surface area contributed by atoms with Gasteiger partial charge in [-0.15, -0.1) is 0 Å². The predicted octanol–water partition coefficient (Wildman–Crippen LogP) is 3.82. The number of fused-ring (bicyclic) bond motifs is 2. The number of carbonyl (C=O) groups excluding carboxylic acids is 1. The molecule has 1 aliphatic carbocycles. The molecule has 1 aromatic rings. The number of aliphatic hydroxyl groups is 1. The molecular formula is C21H30O5. The van der Waals surface area contributed by atoms with Gasteiger partial charge in [-0.3, -0.25) is 4.79 Å². The summed E-state index contributed by atoms with van der Waals surface area (Å²) < 4.78 is 6.36. The molecule has 26 heavy (non-hydrogen) atoms. The molecule has 5 heteroatoms. The summed E-state index contributed by atoms with van der Waals surface area (Å²) >= 11 is 0. The number of hydrogen-bond donors (Lipinski definition) is 3. The monoisotopic (exact) mass is 362 g/mol. The maximum atomic E-state index is 12.9. The number of ether oxygens (including phenoxy) is 1. The van der Waals surface area contributed by atoms with Crippen molar-refractivity contribution < 1.29 is 24.9 Å². The van der Waals surface area contributed by atoms with Crippen molar-refractivity contribution in [2.75, 3.05) is 0 Å². The first-order chi connectivity index (χ1) is 12.0. The van der Waals surface area contributed by atoms with Crippen LogP contribution in [-0.4, -0.2) is 32.8 Å². The van der Waals surface area contributed by atoms with Crippen molar-refractivity contribution in [2.24, 2.45) is 17.3 Å². The molecule has 0 bridgehead atoms. The highest BCUT2D eigenvalue weighted by molar-refractivity contribution is 6.03. The number of ketones is 1. The lowest BCUT2D eigenvalue weighted by molar-refractivity contribution is -0.138. The van der Waals surface area contributed by atoms with Crippen molar-refractivity contribution in [3.8, 4) is 17.2 Å². The van der Waals surface area contributed by atoms with E-state index in [1.165, 1.54) is 6.07 Å². The lowest BCUT2D eigenvalue weighted by Gasteiger charge is -2.55. The molecule has 1 fully saturated rings. The highest BCUT2D eigenvalue weighted by Gasteiger charge is 2.55. The zero-order chi connectivity index (χ0) is 19.4. The Morgan fingerprint density at radius 2 is 1.96 bits per heavy atom. The summed E-state index contributed by atoms with van der Waals surface area (Å²) in [5.41, 5.74) is -0.203. The van der Waals surface area contributed by atoms with Crippen LogP contribution in [0.25, 0.3) is 0 Å².